The topological polar surface area (TPSA) is 79.8 Å². The fourth-order valence-corrected chi connectivity index (χ4v) is 3.95. The maximum atomic E-state index is 5.85. The fraction of sp³-hybridized carbons (Fsp3) is 0.273. The molecule has 1 fully saturated rings. The van der Waals surface area contributed by atoms with Crippen molar-refractivity contribution in [1.82, 2.24) is 25.1 Å². The molecule has 146 valence electrons. The van der Waals surface area contributed by atoms with E-state index in [1.54, 1.807) is 18.7 Å². The summed E-state index contributed by atoms with van der Waals surface area (Å²) in [6, 6.07) is 12.3. The molecule has 1 aliphatic rings. The minimum absolute atomic E-state index is 0.172. The highest BCUT2D eigenvalue weighted by atomic mass is 16.5. The number of hydrogen-bond donors (Lipinski definition) is 1. The summed E-state index contributed by atoms with van der Waals surface area (Å²) in [5.74, 6) is 0.901. The molecule has 0 spiro atoms. The van der Waals surface area contributed by atoms with Crippen LogP contribution in [0.4, 0.5) is 5.82 Å². The van der Waals surface area contributed by atoms with Gasteiger partial charge in [0.2, 0.25) is 0 Å². The Balaban J connectivity index is 1.54. The molecule has 2 atom stereocenters. The normalized spacial score (nSPS) is 19.6. The van der Waals surface area contributed by atoms with Gasteiger partial charge in [0, 0.05) is 36.9 Å². The smallest absolute Gasteiger partial charge is 0.132 e. The molecule has 1 aromatic carbocycles. The Labute approximate surface area is 168 Å². The van der Waals surface area contributed by atoms with Crippen molar-refractivity contribution in [3.05, 3.63) is 55.1 Å². The minimum Gasteiger partial charge on any atom is -0.372 e. The summed E-state index contributed by atoms with van der Waals surface area (Å²) in [6.45, 7) is 5.81. The van der Waals surface area contributed by atoms with Gasteiger partial charge >= 0.3 is 0 Å². The third-order valence-corrected chi connectivity index (χ3v) is 5.22. The van der Waals surface area contributed by atoms with E-state index >= 15 is 0 Å². The molecule has 7 heteroatoms. The number of ether oxygens (including phenoxy) is 1. The molecule has 1 aliphatic heterocycles. The summed E-state index contributed by atoms with van der Waals surface area (Å²) in [5.41, 5.74) is 4.85. The summed E-state index contributed by atoms with van der Waals surface area (Å²) < 4.78 is 5.85. The van der Waals surface area contributed by atoms with Crippen LogP contribution in [0, 0.1) is 0 Å². The van der Waals surface area contributed by atoms with E-state index in [0.717, 1.165) is 52.3 Å². The van der Waals surface area contributed by atoms with Gasteiger partial charge in [-0.1, -0.05) is 6.07 Å². The fourth-order valence-electron chi connectivity index (χ4n) is 3.95. The summed E-state index contributed by atoms with van der Waals surface area (Å²) >= 11 is 0. The van der Waals surface area contributed by atoms with Crippen molar-refractivity contribution in [3.8, 4) is 22.5 Å². The van der Waals surface area contributed by atoms with Crippen molar-refractivity contribution in [2.75, 3.05) is 18.0 Å². The predicted molar refractivity (Wildman–Crippen MR) is 113 cm³/mol. The lowest BCUT2D eigenvalue weighted by Crippen LogP contribution is -2.45. The summed E-state index contributed by atoms with van der Waals surface area (Å²) in [7, 11) is 0. The maximum absolute atomic E-state index is 5.85. The molecule has 0 saturated carbocycles. The van der Waals surface area contributed by atoms with Gasteiger partial charge in [-0.3, -0.25) is 10.1 Å². The first kappa shape index (κ1) is 17.8. The number of aromatic amines is 1. The molecule has 4 heterocycles. The van der Waals surface area contributed by atoms with Crippen LogP contribution >= 0.6 is 0 Å². The third-order valence-electron chi connectivity index (χ3n) is 5.22. The summed E-state index contributed by atoms with van der Waals surface area (Å²) in [4.78, 5) is 15.4. The quantitative estimate of drug-likeness (QED) is 0.578. The van der Waals surface area contributed by atoms with Crippen LogP contribution in [-0.4, -0.2) is 50.4 Å². The zero-order valence-electron chi connectivity index (χ0n) is 16.4. The molecule has 0 radical (unpaired) electrons. The number of anilines is 1. The average Bonchev–Trinajstić information content (AvgIpc) is 3.17. The van der Waals surface area contributed by atoms with Crippen LogP contribution in [0.3, 0.4) is 0 Å². The second kappa shape index (κ2) is 7.25. The molecule has 3 aromatic heterocycles. The molecule has 1 saturated heterocycles. The molecule has 29 heavy (non-hydrogen) atoms. The number of benzene rings is 1. The number of pyridine rings is 1. The highest BCUT2D eigenvalue weighted by Crippen LogP contribution is 2.30. The highest BCUT2D eigenvalue weighted by molar-refractivity contribution is 5.95. The Kier molecular flexibility index (Phi) is 4.44. The largest absolute Gasteiger partial charge is 0.372 e. The number of rotatable bonds is 3. The van der Waals surface area contributed by atoms with Crippen LogP contribution < -0.4 is 4.90 Å². The number of nitrogens with one attached hydrogen (secondary N) is 1. The van der Waals surface area contributed by atoms with Crippen LogP contribution in [0.1, 0.15) is 13.8 Å². The molecule has 0 aliphatic carbocycles. The van der Waals surface area contributed by atoms with E-state index in [2.05, 4.69) is 62.1 Å². The van der Waals surface area contributed by atoms with Gasteiger partial charge in [-0.15, -0.1) is 0 Å². The second-order valence-corrected chi connectivity index (χ2v) is 7.49. The van der Waals surface area contributed by atoms with Crippen LogP contribution in [0.25, 0.3) is 33.4 Å². The number of fused-ring (bicyclic) bond motifs is 1. The molecule has 0 amide bonds. The van der Waals surface area contributed by atoms with Crippen LogP contribution in [-0.2, 0) is 4.74 Å². The molecule has 1 N–H and O–H groups in total. The Bertz CT molecular complexity index is 1130. The highest BCUT2D eigenvalue weighted by Gasteiger charge is 2.24. The first-order valence-electron chi connectivity index (χ1n) is 9.79. The third kappa shape index (κ3) is 3.45. The lowest BCUT2D eigenvalue weighted by molar-refractivity contribution is -0.00546. The van der Waals surface area contributed by atoms with E-state index in [9.17, 15) is 0 Å². The molecule has 7 nitrogen and oxygen atoms in total. The van der Waals surface area contributed by atoms with Gasteiger partial charge in [0.25, 0.3) is 0 Å². The van der Waals surface area contributed by atoms with Gasteiger partial charge in [0.1, 0.15) is 17.8 Å². The second-order valence-electron chi connectivity index (χ2n) is 7.49. The van der Waals surface area contributed by atoms with Crippen molar-refractivity contribution >= 4 is 16.7 Å². The van der Waals surface area contributed by atoms with E-state index in [0.29, 0.717) is 0 Å². The van der Waals surface area contributed by atoms with Crippen LogP contribution in [0.5, 0.6) is 0 Å². The SMILES string of the molecule is C[C@@H]1CN(c2cc(-c3n[nH]c4ccc(-c5ccncc5)cc34)ncn2)C[C@H](C)O1. The number of hydrogen-bond acceptors (Lipinski definition) is 6. The molecule has 4 aromatic rings. The van der Waals surface area contributed by atoms with Crippen molar-refractivity contribution in [2.24, 2.45) is 0 Å². The van der Waals surface area contributed by atoms with Crippen molar-refractivity contribution in [2.45, 2.75) is 26.1 Å². The zero-order chi connectivity index (χ0) is 19.8. The predicted octanol–water partition coefficient (Wildman–Crippen LogP) is 3.70. The van der Waals surface area contributed by atoms with E-state index in [1.807, 2.05) is 18.2 Å². The Morgan fingerprint density at radius 3 is 2.55 bits per heavy atom. The van der Waals surface area contributed by atoms with E-state index in [4.69, 9.17) is 4.74 Å². The molecule has 5 rings (SSSR count). The van der Waals surface area contributed by atoms with Gasteiger partial charge in [-0.2, -0.15) is 5.10 Å². The van der Waals surface area contributed by atoms with Gasteiger partial charge in [-0.05, 0) is 49.2 Å². The van der Waals surface area contributed by atoms with Crippen molar-refractivity contribution < 1.29 is 4.74 Å². The molecule has 0 bridgehead atoms. The molecular weight excluding hydrogens is 364 g/mol. The number of nitrogens with zero attached hydrogens (tertiary/aromatic N) is 5. The number of H-pyrrole nitrogens is 1. The standard InChI is InChI=1S/C22H22N6O/c1-14-11-28(12-15(2)29-14)21-10-20(24-13-25-21)22-18-9-17(3-4-19(18)26-27-22)16-5-7-23-8-6-16/h3-10,13-15H,11-12H2,1-2H3,(H,26,27)/t14-,15+. The summed E-state index contributed by atoms with van der Waals surface area (Å²) in [6.07, 6.45) is 5.56. The molecule has 0 unspecified atom stereocenters. The lowest BCUT2D eigenvalue weighted by Gasteiger charge is -2.36. The number of morpholine rings is 1. The lowest BCUT2D eigenvalue weighted by atomic mass is 10.0. The maximum Gasteiger partial charge on any atom is 0.132 e. The van der Waals surface area contributed by atoms with Crippen molar-refractivity contribution in [1.29, 1.82) is 0 Å². The van der Waals surface area contributed by atoms with Crippen LogP contribution in [0.2, 0.25) is 0 Å². The van der Waals surface area contributed by atoms with Gasteiger partial charge in [-0.25, -0.2) is 9.97 Å². The number of aromatic nitrogens is 5. The van der Waals surface area contributed by atoms with Crippen LogP contribution in [0.15, 0.2) is 55.1 Å². The monoisotopic (exact) mass is 386 g/mol. The van der Waals surface area contributed by atoms with Gasteiger partial charge in [0.15, 0.2) is 0 Å². The first-order chi connectivity index (χ1) is 14.2. The Hall–Kier alpha value is -3.32. The Morgan fingerprint density at radius 2 is 1.76 bits per heavy atom. The molecular formula is C22H22N6O. The first-order valence-corrected chi connectivity index (χ1v) is 9.79. The Morgan fingerprint density at radius 1 is 0.966 bits per heavy atom. The van der Waals surface area contributed by atoms with Gasteiger partial charge in [0.05, 0.1) is 23.4 Å². The van der Waals surface area contributed by atoms with E-state index < -0.39 is 0 Å². The van der Waals surface area contributed by atoms with Crippen molar-refractivity contribution in [3.63, 3.8) is 0 Å². The zero-order valence-corrected chi connectivity index (χ0v) is 16.4. The summed E-state index contributed by atoms with van der Waals surface area (Å²) in [5, 5.41) is 8.70. The van der Waals surface area contributed by atoms with E-state index in [-0.39, 0.29) is 12.2 Å². The van der Waals surface area contributed by atoms with E-state index in [1.165, 1.54) is 0 Å². The minimum atomic E-state index is 0.172. The van der Waals surface area contributed by atoms with Gasteiger partial charge < -0.3 is 9.64 Å². The average molecular weight is 386 g/mol.